The lowest BCUT2D eigenvalue weighted by molar-refractivity contribution is 0.234. The standard InChI is InChI=1S/C15H26FN3/c1-4-5-19(7-6-18(2)3)12-14-8-13(11-17)9-15(16)10-14/h8-10H,4-7,11-12,17H2,1-3H3. The predicted molar refractivity (Wildman–Crippen MR) is 78.4 cm³/mol. The summed E-state index contributed by atoms with van der Waals surface area (Å²) in [5, 5.41) is 0. The monoisotopic (exact) mass is 267 g/mol. The average molecular weight is 267 g/mol. The summed E-state index contributed by atoms with van der Waals surface area (Å²) < 4.78 is 13.5. The number of halogens is 1. The molecule has 0 aromatic heterocycles. The van der Waals surface area contributed by atoms with E-state index >= 15 is 0 Å². The van der Waals surface area contributed by atoms with Crippen molar-refractivity contribution in [1.82, 2.24) is 9.80 Å². The number of nitrogens with two attached hydrogens (primary N) is 1. The van der Waals surface area contributed by atoms with Crippen molar-refractivity contribution in [3.63, 3.8) is 0 Å². The van der Waals surface area contributed by atoms with Crippen LogP contribution in [-0.2, 0) is 13.1 Å². The maximum atomic E-state index is 13.5. The van der Waals surface area contributed by atoms with E-state index in [4.69, 9.17) is 5.73 Å². The minimum Gasteiger partial charge on any atom is -0.326 e. The summed E-state index contributed by atoms with van der Waals surface area (Å²) in [6.45, 7) is 6.37. The van der Waals surface area contributed by atoms with E-state index in [1.807, 2.05) is 6.07 Å². The van der Waals surface area contributed by atoms with E-state index in [9.17, 15) is 4.39 Å². The molecule has 0 aliphatic rings. The second kappa shape index (κ2) is 8.25. The van der Waals surface area contributed by atoms with Gasteiger partial charge in [-0.1, -0.05) is 13.0 Å². The lowest BCUT2D eigenvalue weighted by atomic mass is 10.1. The molecular weight excluding hydrogens is 241 g/mol. The first kappa shape index (κ1) is 16.1. The smallest absolute Gasteiger partial charge is 0.123 e. The predicted octanol–water partition coefficient (Wildman–Crippen LogP) is 2.06. The first-order valence-corrected chi connectivity index (χ1v) is 6.90. The Kier molecular flexibility index (Phi) is 6.99. The molecule has 0 saturated carbocycles. The SMILES string of the molecule is CCCN(CCN(C)C)Cc1cc(F)cc(CN)c1. The van der Waals surface area contributed by atoms with Gasteiger partial charge in [0.15, 0.2) is 0 Å². The van der Waals surface area contributed by atoms with Gasteiger partial charge in [0, 0.05) is 26.2 Å². The van der Waals surface area contributed by atoms with E-state index in [0.717, 1.165) is 43.7 Å². The van der Waals surface area contributed by atoms with Gasteiger partial charge in [-0.3, -0.25) is 4.90 Å². The third-order valence-corrected chi connectivity index (χ3v) is 3.06. The van der Waals surface area contributed by atoms with Crippen LogP contribution in [-0.4, -0.2) is 43.5 Å². The second-order valence-corrected chi connectivity index (χ2v) is 5.25. The minimum absolute atomic E-state index is 0.193. The average Bonchev–Trinajstić information content (AvgIpc) is 2.35. The topological polar surface area (TPSA) is 32.5 Å². The van der Waals surface area contributed by atoms with Crippen LogP contribution in [0.3, 0.4) is 0 Å². The molecule has 0 heterocycles. The summed E-state index contributed by atoms with van der Waals surface area (Å²) in [6.07, 6.45) is 1.10. The zero-order valence-electron chi connectivity index (χ0n) is 12.3. The van der Waals surface area contributed by atoms with Crippen LogP contribution >= 0.6 is 0 Å². The van der Waals surface area contributed by atoms with E-state index in [2.05, 4.69) is 30.8 Å². The third-order valence-electron chi connectivity index (χ3n) is 3.06. The van der Waals surface area contributed by atoms with Gasteiger partial charge in [-0.2, -0.15) is 0 Å². The molecule has 1 aromatic carbocycles. The Labute approximate surface area is 116 Å². The van der Waals surface area contributed by atoms with Crippen molar-refractivity contribution in [3.8, 4) is 0 Å². The number of hydrogen-bond acceptors (Lipinski definition) is 3. The van der Waals surface area contributed by atoms with Gasteiger partial charge >= 0.3 is 0 Å². The Morgan fingerprint density at radius 1 is 1.05 bits per heavy atom. The van der Waals surface area contributed by atoms with E-state index in [1.54, 1.807) is 6.07 Å². The Bertz CT molecular complexity index is 380. The van der Waals surface area contributed by atoms with Crippen LogP contribution in [0.4, 0.5) is 4.39 Å². The first-order chi connectivity index (χ1) is 9.05. The molecule has 19 heavy (non-hydrogen) atoms. The van der Waals surface area contributed by atoms with Crippen molar-refractivity contribution in [2.75, 3.05) is 33.7 Å². The summed E-state index contributed by atoms with van der Waals surface area (Å²) in [5.74, 6) is -0.193. The van der Waals surface area contributed by atoms with Gasteiger partial charge in [-0.25, -0.2) is 4.39 Å². The van der Waals surface area contributed by atoms with E-state index < -0.39 is 0 Å². The highest BCUT2D eigenvalue weighted by atomic mass is 19.1. The lowest BCUT2D eigenvalue weighted by Gasteiger charge is -2.24. The summed E-state index contributed by atoms with van der Waals surface area (Å²) >= 11 is 0. The first-order valence-electron chi connectivity index (χ1n) is 6.90. The molecule has 0 amide bonds. The maximum absolute atomic E-state index is 13.5. The van der Waals surface area contributed by atoms with Crippen LogP contribution in [0.5, 0.6) is 0 Å². The Morgan fingerprint density at radius 3 is 2.32 bits per heavy atom. The fraction of sp³-hybridized carbons (Fsp3) is 0.600. The van der Waals surface area contributed by atoms with Crippen molar-refractivity contribution in [2.45, 2.75) is 26.4 Å². The summed E-state index contributed by atoms with van der Waals surface area (Å²) in [4.78, 5) is 4.52. The van der Waals surface area contributed by atoms with Crippen LogP contribution in [0.15, 0.2) is 18.2 Å². The quantitative estimate of drug-likeness (QED) is 0.782. The van der Waals surface area contributed by atoms with Gasteiger partial charge in [-0.15, -0.1) is 0 Å². The molecule has 0 aliphatic carbocycles. The van der Waals surface area contributed by atoms with Crippen LogP contribution in [0.2, 0.25) is 0 Å². The third kappa shape index (κ3) is 6.14. The molecular formula is C15H26FN3. The van der Waals surface area contributed by atoms with Crippen molar-refractivity contribution < 1.29 is 4.39 Å². The van der Waals surface area contributed by atoms with Crippen LogP contribution < -0.4 is 5.73 Å². The van der Waals surface area contributed by atoms with Gasteiger partial charge in [0.2, 0.25) is 0 Å². The molecule has 1 aromatic rings. The highest BCUT2D eigenvalue weighted by molar-refractivity contribution is 5.24. The van der Waals surface area contributed by atoms with Gasteiger partial charge in [0.05, 0.1) is 0 Å². The molecule has 0 atom stereocenters. The molecule has 2 N–H and O–H groups in total. The highest BCUT2D eigenvalue weighted by Gasteiger charge is 2.07. The van der Waals surface area contributed by atoms with Gasteiger partial charge in [-0.05, 0) is 50.3 Å². The molecule has 0 bridgehead atoms. The molecule has 1 rings (SSSR count). The molecule has 108 valence electrons. The van der Waals surface area contributed by atoms with Gasteiger partial charge < -0.3 is 10.6 Å². The van der Waals surface area contributed by atoms with E-state index in [0.29, 0.717) is 6.54 Å². The zero-order chi connectivity index (χ0) is 14.3. The largest absolute Gasteiger partial charge is 0.326 e. The van der Waals surface area contributed by atoms with E-state index in [1.165, 1.54) is 6.07 Å². The zero-order valence-corrected chi connectivity index (χ0v) is 12.3. The number of likely N-dealkylation sites (N-methyl/N-ethyl adjacent to an activating group) is 1. The highest BCUT2D eigenvalue weighted by Crippen LogP contribution is 2.12. The number of rotatable bonds is 8. The summed E-state index contributed by atoms with van der Waals surface area (Å²) in [6, 6.07) is 5.12. The van der Waals surface area contributed by atoms with E-state index in [-0.39, 0.29) is 5.82 Å². The molecule has 0 saturated heterocycles. The number of benzene rings is 1. The molecule has 0 unspecified atom stereocenters. The maximum Gasteiger partial charge on any atom is 0.123 e. The van der Waals surface area contributed by atoms with Crippen LogP contribution in [0.25, 0.3) is 0 Å². The number of hydrogen-bond donors (Lipinski definition) is 1. The fourth-order valence-electron chi connectivity index (χ4n) is 2.11. The van der Waals surface area contributed by atoms with Crippen molar-refractivity contribution >= 4 is 0 Å². The minimum atomic E-state index is -0.193. The second-order valence-electron chi connectivity index (χ2n) is 5.25. The Balaban J connectivity index is 2.69. The van der Waals surface area contributed by atoms with Crippen LogP contribution in [0.1, 0.15) is 24.5 Å². The normalized spacial score (nSPS) is 11.5. The molecule has 3 nitrogen and oxygen atoms in total. The molecule has 0 fully saturated rings. The summed E-state index contributed by atoms with van der Waals surface area (Å²) in [5.41, 5.74) is 7.46. The van der Waals surface area contributed by atoms with Crippen LogP contribution in [0, 0.1) is 5.82 Å². The lowest BCUT2D eigenvalue weighted by Crippen LogP contribution is -2.32. The molecule has 0 aliphatic heterocycles. The Hall–Kier alpha value is -0.970. The molecule has 4 heteroatoms. The van der Waals surface area contributed by atoms with Crippen molar-refractivity contribution in [1.29, 1.82) is 0 Å². The van der Waals surface area contributed by atoms with Gasteiger partial charge in [0.1, 0.15) is 5.82 Å². The fourth-order valence-corrected chi connectivity index (χ4v) is 2.11. The molecule has 0 spiro atoms. The summed E-state index contributed by atoms with van der Waals surface area (Å²) in [7, 11) is 4.14. The van der Waals surface area contributed by atoms with Crippen molar-refractivity contribution in [3.05, 3.63) is 35.1 Å². The van der Waals surface area contributed by atoms with Gasteiger partial charge in [0.25, 0.3) is 0 Å². The number of nitrogens with zero attached hydrogens (tertiary/aromatic N) is 2. The van der Waals surface area contributed by atoms with Crippen molar-refractivity contribution in [2.24, 2.45) is 5.73 Å². The Morgan fingerprint density at radius 2 is 1.74 bits per heavy atom. The molecule has 0 radical (unpaired) electrons.